The van der Waals surface area contributed by atoms with Crippen molar-refractivity contribution in [3.63, 3.8) is 0 Å². The van der Waals surface area contributed by atoms with Crippen molar-refractivity contribution in [1.82, 2.24) is 4.90 Å². The predicted octanol–water partition coefficient (Wildman–Crippen LogP) is 5.36. The van der Waals surface area contributed by atoms with Crippen molar-refractivity contribution in [2.75, 3.05) is 34.9 Å². The molecule has 3 saturated heterocycles. The Hall–Kier alpha value is -2.17. The number of hydrogen-bond donors (Lipinski definition) is 1. The molecular formula is C42H68N4O11. The van der Waals surface area contributed by atoms with Gasteiger partial charge in [0.05, 0.1) is 43.0 Å². The number of cyclic esters (lactones) is 1. The largest absolute Gasteiger partial charge is 0.462 e. The number of fused-ring (bicyclic) bond motifs is 5. The highest BCUT2D eigenvalue weighted by molar-refractivity contribution is 5.99. The Morgan fingerprint density at radius 1 is 0.947 bits per heavy atom. The molecule has 0 spiro atoms. The van der Waals surface area contributed by atoms with Gasteiger partial charge in [0.25, 0.3) is 0 Å². The Morgan fingerprint density at radius 3 is 2.33 bits per heavy atom. The van der Waals surface area contributed by atoms with Crippen LogP contribution in [0.25, 0.3) is 10.4 Å². The summed E-state index contributed by atoms with van der Waals surface area (Å²) in [5.74, 6) is -2.72. The number of likely N-dealkylation sites (N-methyl/N-ethyl adjacent to an activating group) is 1. The van der Waals surface area contributed by atoms with Gasteiger partial charge in [0.2, 0.25) is 0 Å². The molecule has 6 aliphatic rings. The molecule has 0 amide bonds. The average Bonchev–Trinajstić information content (AvgIpc) is 3.76. The van der Waals surface area contributed by atoms with Crippen molar-refractivity contribution < 1.29 is 52.6 Å². The van der Waals surface area contributed by atoms with Gasteiger partial charge in [0.15, 0.2) is 18.4 Å². The fourth-order valence-electron chi connectivity index (χ4n) is 11.3. The van der Waals surface area contributed by atoms with Crippen LogP contribution in [0.4, 0.5) is 0 Å². The number of Topliss-reactive ketones (excluding diaryl/α,β-unsaturated/α-hetero) is 1. The van der Waals surface area contributed by atoms with Gasteiger partial charge in [-0.05, 0) is 121 Å². The fourth-order valence-corrected chi connectivity index (χ4v) is 11.3. The number of aliphatic hydroxyl groups excluding tert-OH is 1. The molecule has 3 aliphatic heterocycles. The lowest BCUT2D eigenvalue weighted by Crippen LogP contribution is -2.60. The van der Waals surface area contributed by atoms with Crippen LogP contribution in [0.2, 0.25) is 0 Å². The van der Waals surface area contributed by atoms with Crippen molar-refractivity contribution >= 4 is 11.8 Å². The number of hydrogen-bond acceptors (Lipinski definition) is 13. The summed E-state index contributed by atoms with van der Waals surface area (Å²) < 4.78 is 49.9. The molecule has 5 fully saturated rings. The first kappa shape index (κ1) is 44.4. The van der Waals surface area contributed by atoms with E-state index in [4.69, 9.17) is 37.9 Å². The van der Waals surface area contributed by atoms with E-state index in [1.807, 2.05) is 33.8 Å². The first-order valence-electron chi connectivity index (χ1n) is 21.5. The standard InChI is InChI=1S/C42H68N4O11/c1-10-24-13-12-14-32(57-34-16-15-31(46(6)7)22(4)53-34)21(3)37(48)30-19-27-26-17-25(56-42-41(51-9)40(52-11-2)39(50-8)23(5)54-42)18-29(26)38(49)36(44-45-43)35(27)28(30)20-33(47)55-24/h19,21-29,31-32,34-36,38-42,49H,10-18,20H2,1-9H3/t21-,22?,23?,24+,25+,26+,27+,28-,29-,31+,32+,34+,35-,36?,38-,39+,40?,41?,42+/m1/s1. The zero-order valence-corrected chi connectivity index (χ0v) is 35.4. The van der Waals surface area contributed by atoms with E-state index in [1.165, 1.54) is 0 Å². The Labute approximate surface area is 338 Å². The van der Waals surface area contributed by atoms with Crippen LogP contribution >= 0.6 is 0 Å². The monoisotopic (exact) mass is 804 g/mol. The van der Waals surface area contributed by atoms with Crippen molar-refractivity contribution in [2.24, 2.45) is 40.6 Å². The molecule has 2 saturated carbocycles. The summed E-state index contributed by atoms with van der Waals surface area (Å²) in [6.07, 6.45) is 2.47. The predicted molar refractivity (Wildman–Crippen MR) is 209 cm³/mol. The molecule has 0 radical (unpaired) electrons. The molecule has 1 N–H and O–H groups in total. The Balaban J connectivity index is 1.29. The molecule has 57 heavy (non-hydrogen) atoms. The normalized spacial score (nSPS) is 45.5. The second-order valence-corrected chi connectivity index (χ2v) is 17.5. The third-order valence-corrected chi connectivity index (χ3v) is 14.1. The SMILES string of the molecule is CCOC1C(OC)[C@H](O[C@@H]2C[C@@H]3[C@@H](C2)[C@@H]2C=C4C(=O)[C@H](C)[C@@H](O[C@H]5CC[C@H](N(C)C)C(C)O5)CCC[C@H](CC)OC(=O)C[C@H]4[C@@H]2C(N=[N+]=[N-])[C@@H]3O)OC(C)[C@@H]1OC. The van der Waals surface area contributed by atoms with Crippen LogP contribution in [-0.2, 0) is 47.5 Å². The highest BCUT2D eigenvalue weighted by atomic mass is 16.7. The number of nitrogens with zero attached hydrogens (tertiary/aromatic N) is 4. The van der Waals surface area contributed by atoms with Crippen LogP contribution in [0.15, 0.2) is 16.8 Å². The summed E-state index contributed by atoms with van der Waals surface area (Å²) in [6.45, 7) is 10.3. The number of aliphatic hydroxyl groups is 1. The number of ketones is 1. The lowest BCUT2D eigenvalue weighted by atomic mass is 9.62. The number of carbonyl (C=O) groups is 2. The van der Waals surface area contributed by atoms with Gasteiger partial charge in [0.1, 0.15) is 24.4 Å². The Kier molecular flexibility index (Phi) is 15.2. The van der Waals surface area contributed by atoms with Gasteiger partial charge in [-0.3, -0.25) is 9.59 Å². The van der Waals surface area contributed by atoms with Crippen molar-refractivity contribution in [3.05, 3.63) is 22.1 Å². The maximum absolute atomic E-state index is 14.9. The second-order valence-electron chi connectivity index (χ2n) is 17.5. The van der Waals surface area contributed by atoms with Gasteiger partial charge in [-0.2, -0.15) is 0 Å². The van der Waals surface area contributed by atoms with Crippen LogP contribution in [0.5, 0.6) is 0 Å². The number of esters is 1. The first-order chi connectivity index (χ1) is 27.3. The van der Waals surface area contributed by atoms with E-state index < -0.39 is 60.8 Å². The van der Waals surface area contributed by atoms with Crippen LogP contribution < -0.4 is 0 Å². The molecule has 0 aromatic heterocycles. The average molecular weight is 805 g/mol. The third-order valence-electron chi connectivity index (χ3n) is 14.1. The van der Waals surface area contributed by atoms with Crippen molar-refractivity contribution in [3.8, 4) is 0 Å². The highest BCUT2D eigenvalue weighted by Gasteiger charge is 2.59. The minimum absolute atomic E-state index is 0.0250. The van der Waals surface area contributed by atoms with Crippen molar-refractivity contribution in [1.29, 1.82) is 0 Å². The molecule has 322 valence electrons. The molecular weight excluding hydrogens is 736 g/mol. The molecule has 19 atom stereocenters. The summed E-state index contributed by atoms with van der Waals surface area (Å²) in [6, 6.07) is -0.576. The van der Waals surface area contributed by atoms with Gasteiger partial charge in [-0.1, -0.05) is 25.0 Å². The zero-order valence-electron chi connectivity index (χ0n) is 35.4. The van der Waals surface area contributed by atoms with E-state index in [0.717, 1.165) is 19.3 Å². The topological polar surface area (TPSA) is 180 Å². The smallest absolute Gasteiger partial charge is 0.306 e. The van der Waals surface area contributed by atoms with E-state index in [9.17, 15) is 20.2 Å². The molecule has 0 aromatic carbocycles. The summed E-state index contributed by atoms with van der Waals surface area (Å²) in [7, 11) is 7.34. The molecule has 3 aliphatic carbocycles. The van der Waals surface area contributed by atoms with E-state index >= 15 is 0 Å². The minimum atomic E-state index is -1.01. The van der Waals surface area contributed by atoms with Crippen molar-refractivity contribution in [2.45, 2.75) is 172 Å². The molecule has 5 unspecified atom stereocenters. The number of methoxy groups -OCH3 is 2. The summed E-state index contributed by atoms with van der Waals surface area (Å²) in [4.78, 5) is 34.0. The molecule has 6 rings (SSSR count). The molecule has 0 bridgehead atoms. The first-order valence-corrected chi connectivity index (χ1v) is 21.5. The molecule has 15 heteroatoms. The van der Waals surface area contributed by atoms with Crippen LogP contribution in [0.3, 0.4) is 0 Å². The van der Waals surface area contributed by atoms with Gasteiger partial charge >= 0.3 is 5.97 Å². The van der Waals surface area contributed by atoms with Crippen LogP contribution in [0.1, 0.15) is 92.4 Å². The highest BCUT2D eigenvalue weighted by Crippen LogP contribution is 2.58. The number of ether oxygens (including phenoxy) is 8. The van der Waals surface area contributed by atoms with Gasteiger partial charge in [0, 0.05) is 43.6 Å². The zero-order chi connectivity index (χ0) is 41.1. The number of allylic oxidation sites excluding steroid dienone is 2. The molecule has 0 aromatic rings. The maximum atomic E-state index is 14.9. The lowest BCUT2D eigenvalue weighted by Gasteiger charge is -2.45. The number of carbonyl (C=O) groups excluding carboxylic acids is 2. The van der Waals surface area contributed by atoms with E-state index in [0.29, 0.717) is 44.3 Å². The van der Waals surface area contributed by atoms with E-state index in [-0.39, 0.29) is 72.5 Å². The van der Waals surface area contributed by atoms with Gasteiger partial charge in [-0.25, -0.2) is 0 Å². The third kappa shape index (κ3) is 9.28. The van der Waals surface area contributed by atoms with Crippen LogP contribution in [-0.4, -0.2) is 136 Å². The summed E-state index contributed by atoms with van der Waals surface area (Å²) >= 11 is 0. The summed E-state index contributed by atoms with van der Waals surface area (Å²) in [5, 5.41) is 16.3. The molecule has 3 heterocycles. The maximum Gasteiger partial charge on any atom is 0.306 e. The Bertz CT molecular complexity index is 1460. The molecule has 15 nitrogen and oxygen atoms in total. The second kappa shape index (κ2) is 19.5. The summed E-state index contributed by atoms with van der Waals surface area (Å²) in [5.41, 5.74) is 10.4. The van der Waals surface area contributed by atoms with Crippen LogP contribution in [0, 0.1) is 35.5 Å². The van der Waals surface area contributed by atoms with Gasteiger partial charge < -0.3 is 47.9 Å². The Morgan fingerprint density at radius 2 is 1.68 bits per heavy atom. The fraction of sp³-hybridized carbons (Fsp3) is 0.905. The van der Waals surface area contributed by atoms with E-state index in [1.54, 1.807) is 14.2 Å². The number of rotatable bonds is 11. The van der Waals surface area contributed by atoms with Gasteiger partial charge in [-0.15, -0.1) is 0 Å². The minimum Gasteiger partial charge on any atom is -0.462 e. The van der Waals surface area contributed by atoms with E-state index in [2.05, 4.69) is 35.9 Å². The number of azide groups is 1. The lowest BCUT2D eigenvalue weighted by molar-refractivity contribution is -0.317. The quantitative estimate of drug-likeness (QED) is 0.123.